The van der Waals surface area contributed by atoms with Crippen LogP contribution in [-0.2, 0) is 4.79 Å². The normalized spacial score (nSPS) is 11.7. The molecular weight excluding hydrogens is 198 g/mol. The topological polar surface area (TPSA) is 17.1 Å². The lowest BCUT2D eigenvalue weighted by molar-refractivity contribution is -0.121. The van der Waals surface area contributed by atoms with Crippen LogP contribution in [0, 0.1) is 17.8 Å². The van der Waals surface area contributed by atoms with E-state index in [-0.39, 0.29) is 0 Å². The van der Waals surface area contributed by atoms with Crippen molar-refractivity contribution in [1.82, 2.24) is 0 Å². The molecule has 3 heteroatoms. The first-order valence-electron chi connectivity index (χ1n) is 4.50. The van der Waals surface area contributed by atoms with E-state index in [0.29, 0.717) is 5.56 Å². The quantitative estimate of drug-likeness (QED) is 0.682. The summed E-state index contributed by atoms with van der Waals surface area (Å²) in [6, 6.07) is 8.78. The Bertz CT molecular complexity index is 387. The first-order chi connectivity index (χ1) is 7.11. The van der Waals surface area contributed by atoms with E-state index in [9.17, 15) is 13.6 Å². The maximum Gasteiger partial charge on any atom is 0.249 e. The maximum atomic E-state index is 12.1. The molecule has 78 valence electrons. The van der Waals surface area contributed by atoms with Gasteiger partial charge < -0.3 is 0 Å². The van der Waals surface area contributed by atoms with Crippen molar-refractivity contribution in [2.45, 2.75) is 13.3 Å². The Morgan fingerprint density at radius 1 is 1.27 bits per heavy atom. The molecule has 0 aromatic heterocycles. The number of Topliss-reactive ketones (excluding diaryl/α,β-unsaturated/α-hetero) is 1. The van der Waals surface area contributed by atoms with Gasteiger partial charge in [-0.3, -0.25) is 4.79 Å². The highest BCUT2D eigenvalue weighted by atomic mass is 19.3. The molecule has 0 heterocycles. The molecule has 15 heavy (non-hydrogen) atoms. The zero-order chi connectivity index (χ0) is 11.3. The highest BCUT2D eigenvalue weighted by Crippen LogP contribution is 2.09. The number of benzene rings is 1. The van der Waals surface area contributed by atoms with Gasteiger partial charge >= 0.3 is 0 Å². The van der Waals surface area contributed by atoms with Gasteiger partial charge in [0.15, 0.2) is 0 Å². The Morgan fingerprint density at radius 2 is 1.87 bits per heavy atom. The van der Waals surface area contributed by atoms with E-state index in [1.165, 1.54) is 6.92 Å². The number of halogens is 2. The third-order valence-corrected chi connectivity index (χ3v) is 1.90. The molecular formula is C12H10F2O. The standard InChI is InChI=1S/C12H10F2O/c1-9(12(13)14)11(15)8-7-10-5-3-2-4-6-10/h2-6,9,12H,1H3. The van der Waals surface area contributed by atoms with Crippen LogP contribution in [0.15, 0.2) is 30.3 Å². The molecule has 0 saturated carbocycles. The lowest BCUT2D eigenvalue weighted by atomic mass is 10.1. The number of hydrogen-bond acceptors (Lipinski definition) is 1. The zero-order valence-electron chi connectivity index (χ0n) is 8.21. The number of rotatable bonds is 2. The molecule has 0 saturated heterocycles. The molecule has 1 aromatic rings. The fourth-order valence-corrected chi connectivity index (χ4v) is 0.884. The first-order valence-corrected chi connectivity index (χ1v) is 4.50. The molecule has 1 aromatic carbocycles. The summed E-state index contributed by atoms with van der Waals surface area (Å²) in [5.41, 5.74) is 0.646. The number of carbonyl (C=O) groups excluding carboxylic acids is 1. The van der Waals surface area contributed by atoms with Gasteiger partial charge in [0.2, 0.25) is 12.2 Å². The van der Waals surface area contributed by atoms with E-state index >= 15 is 0 Å². The van der Waals surface area contributed by atoms with Crippen molar-refractivity contribution in [2.75, 3.05) is 0 Å². The van der Waals surface area contributed by atoms with Crippen LogP contribution in [0.25, 0.3) is 0 Å². The minimum absolute atomic E-state index is 0.646. The second kappa shape index (κ2) is 5.26. The Balaban J connectivity index is 2.71. The summed E-state index contributed by atoms with van der Waals surface area (Å²) in [7, 11) is 0. The summed E-state index contributed by atoms with van der Waals surface area (Å²) in [4.78, 5) is 11.1. The summed E-state index contributed by atoms with van der Waals surface area (Å²) >= 11 is 0. The van der Waals surface area contributed by atoms with Crippen LogP contribution in [-0.4, -0.2) is 12.2 Å². The zero-order valence-corrected chi connectivity index (χ0v) is 8.21. The lowest BCUT2D eigenvalue weighted by Gasteiger charge is -2.02. The van der Waals surface area contributed by atoms with E-state index in [1.54, 1.807) is 24.3 Å². The summed E-state index contributed by atoms with van der Waals surface area (Å²) in [6.45, 7) is 1.17. The van der Waals surface area contributed by atoms with E-state index in [0.717, 1.165) is 0 Å². The fraction of sp³-hybridized carbons (Fsp3) is 0.250. The van der Waals surface area contributed by atoms with Gasteiger partial charge in [-0.25, -0.2) is 8.78 Å². The van der Waals surface area contributed by atoms with Gasteiger partial charge in [-0.05, 0) is 25.0 Å². The summed E-state index contributed by atoms with van der Waals surface area (Å²) in [5.74, 6) is 2.71. The van der Waals surface area contributed by atoms with Crippen LogP contribution in [0.3, 0.4) is 0 Å². The molecule has 0 aliphatic heterocycles. The van der Waals surface area contributed by atoms with Crippen molar-refractivity contribution >= 4 is 5.78 Å². The Hall–Kier alpha value is -1.69. The summed E-state index contributed by atoms with van der Waals surface area (Å²) in [5, 5.41) is 0. The van der Waals surface area contributed by atoms with Crippen LogP contribution in [0.4, 0.5) is 8.78 Å². The Morgan fingerprint density at radius 3 is 2.40 bits per heavy atom. The highest BCUT2D eigenvalue weighted by Gasteiger charge is 2.20. The van der Waals surface area contributed by atoms with E-state index in [4.69, 9.17) is 0 Å². The molecule has 0 aliphatic rings. The number of hydrogen-bond donors (Lipinski definition) is 0. The van der Waals surface area contributed by atoms with Crippen molar-refractivity contribution < 1.29 is 13.6 Å². The molecule has 0 aliphatic carbocycles. The largest absolute Gasteiger partial charge is 0.284 e. The average molecular weight is 208 g/mol. The molecule has 1 atom stereocenters. The van der Waals surface area contributed by atoms with Crippen molar-refractivity contribution in [3.05, 3.63) is 35.9 Å². The predicted molar refractivity (Wildman–Crippen MR) is 53.5 cm³/mol. The molecule has 1 unspecified atom stereocenters. The Kier molecular flexibility index (Phi) is 3.99. The monoisotopic (exact) mass is 208 g/mol. The molecule has 0 fully saturated rings. The second-order valence-corrected chi connectivity index (χ2v) is 3.10. The number of alkyl halides is 2. The fourth-order valence-electron chi connectivity index (χ4n) is 0.884. The summed E-state index contributed by atoms with van der Waals surface area (Å²) in [6.07, 6.45) is -2.65. The smallest absolute Gasteiger partial charge is 0.249 e. The van der Waals surface area contributed by atoms with Crippen LogP contribution < -0.4 is 0 Å². The molecule has 0 radical (unpaired) electrons. The van der Waals surface area contributed by atoms with E-state index < -0.39 is 18.1 Å². The lowest BCUT2D eigenvalue weighted by Crippen LogP contribution is -2.16. The van der Waals surface area contributed by atoms with E-state index in [2.05, 4.69) is 11.8 Å². The van der Waals surface area contributed by atoms with Gasteiger partial charge in [0.25, 0.3) is 0 Å². The molecule has 1 rings (SSSR count). The van der Waals surface area contributed by atoms with Gasteiger partial charge in [0.05, 0.1) is 5.92 Å². The minimum atomic E-state index is -2.65. The van der Waals surface area contributed by atoms with Crippen molar-refractivity contribution in [3.63, 3.8) is 0 Å². The minimum Gasteiger partial charge on any atom is -0.284 e. The summed E-state index contributed by atoms with van der Waals surface area (Å²) < 4.78 is 24.2. The van der Waals surface area contributed by atoms with Gasteiger partial charge in [0.1, 0.15) is 0 Å². The molecule has 1 nitrogen and oxygen atoms in total. The Labute approximate surface area is 87.1 Å². The molecule has 0 amide bonds. The van der Waals surface area contributed by atoms with Crippen LogP contribution in [0.1, 0.15) is 12.5 Å². The van der Waals surface area contributed by atoms with Gasteiger partial charge in [0, 0.05) is 5.56 Å². The first kappa shape index (κ1) is 11.4. The maximum absolute atomic E-state index is 12.1. The van der Waals surface area contributed by atoms with Gasteiger partial charge in [-0.2, -0.15) is 0 Å². The van der Waals surface area contributed by atoms with Crippen LogP contribution in [0.2, 0.25) is 0 Å². The van der Waals surface area contributed by atoms with Crippen LogP contribution in [0.5, 0.6) is 0 Å². The van der Waals surface area contributed by atoms with Crippen molar-refractivity contribution in [1.29, 1.82) is 0 Å². The third-order valence-electron chi connectivity index (χ3n) is 1.90. The van der Waals surface area contributed by atoms with E-state index in [1.807, 2.05) is 6.07 Å². The predicted octanol–water partition coefficient (Wildman–Crippen LogP) is 2.51. The number of ketones is 1. The SMILES string of the molecule is CC(C(=O)C#Cc1ccccc1)C(F)F. The molecule has 0 N–H and O–H groups in total. The average Bonchev–Trinajstić information content (AvgIpc) is 2.26. The highest BCUT2D eigenvalue weighted by molar-refractivity contribution is 5.97. The van der Waals surface area contributed by atoms with Gasteiger partial charge in [-0.1, -0.05) is 24.1 Å². The van der Waals surface area contributed by atoms with Gasteiger partial charge in [-0.15, -0.1) is 0 Å². The molecule has 0 spiro atoms. The van der Waals surface area contributed by atoms with Crippen molar-refractivity contribution in [2.24, 2.45) is 5.92 Å². The molecule has 0 bridgehead atoms. The number of carbonyl (C=O) groups is 1. The third kappa shape index (κ3) is 3.51. The second-order valence-electron chi connectivity index (χ2n) is 3.10. The van der Waals surface area contributed by atoms with Crippen molar-refractivity contribution in [3.8, 4) is 11.8 Å². The van der Waals surface area contributed by atoms with Crippen LogP contribution >= 0.6 is 0 Å².